The molecule has 0 saturated heterocycles. The van der Waals surface area contributed by atoms with Gasteiger partial charge in [-0.05, 0) is 44.2 Å². The lowest BCUT2D eigenvalue weighted by Gasteiger charge is -1.99. The van der Waals surface area contributed by atoms with E-state index in [1.807, 2.05) is 30.1 Å². The predicted molar refractivity (Wildman–Crippen MR) is 90.6 cm³/mol. The van der Waals surface area contributed by atoms with Crippen molar-refractivity contribution in [1.29, 1.82) is 0 Å². The SMILES string of the molecule is CNCc1sc(CSc2ccc(Br)cc2)nc1C1CC1. The van der Waals surface area contributed by atoms with Crippen molar-refractivity contribution in [2.45, 2.75) is 36.0 Å². The largest absolute Gasteiger partial charge is 0.315 e. The van der Waals surface area contributed by atoms with Crippen molar-refractivity contribution in [3.63, 3.8) is 0 Å². The molecular weight excluding hydrogens is 352 g/mol. The van der Waals surface area contributed by atoms with E-state index in [0.717, 1.165) is 22.7 Å². The first kappa shape index (κ1) is 14.6. The van der Waals surface area contributed by atoms with Gasteiger partial charge in [0, 0.05) is 26.7 Å². The van der Waals surface area contributed by atoms with E-state index in [1.54, 1.807) is 0 Å². The molecule has 1 saturated carbocycles. The molecule has 1 fully saturated rings. The smallest absolute Gasteiger partial charge is 0.103 e. The minimum absolute atomic E-state index is 0.737. The second-order valence-corrected chi connectivity index (χ2v) is 8.10. The van der Waals surface area contributed by atoms with Crippen molar-refractivity contribution < 1.29 is 0 Å². The third-order valence-electron chi connectivity index (χ3n) is 3.25. The molecule has 0 unspecified atom stereocenters. The van der Waals surface area contributed by atoms with Crippen molar-refractivity contribution in [1.82, 2.24) is 10.3 Å². The summed E-state index contributed by atoms with van der Waals surface area (Å²) in [5.41, 5.74) is 1.36. The first-order valence-electron chi connectivity index (χ1n) is 6.77. The minimum Gasteiger partial charge on any atom is -0.315 e. The second kappa shape index (κ2) is 6.60. The molecule has 0 radical (unpaired) electrons. The average molecular weight is 369 g/mol. The summed E-state index contributed by atoms with van der Waals surface area (Å²) in [4.78, 5) is 7.60. The molecule has 20 heavy (non-hydrogen) atoms. The molecule has 2 aromatic rings. The van der Waals surface area contributed by atoms with Gasteiger partial charge in [0.1, 0.15) is 5.01 Å². The van der Waals surface area contributed by atoms with Gasteiger partial charge in [-0.25, -0.2) is 4.98 Å². The van der Waals surface area contributed by atoms with E-state index in [0.29, 0.717) is 0 Å². The number of hydrogen-bond acceptors (Lipinski definition) is 4. The highest BCUT2D eigenvalue weighted by Crippen LogP contribution is 2.43. The van der Waals surface area contributed by atoms with E-state index in [4.69, 9.17) is 4.98 Å². The van der Waals surface area contributed by atoms with E-state index < -0.39 is 0 Å². The van der Waals surface area contributed by atoms with E-state index in [2.05, 4.69) is 45.5 Å². The van der Waals surface area contributed by atoms with Crippen LogP contribution in [0.4, 0.5) is 0 Å². The second-order valence-electron chi connectivity index (χ2n) is 4.96. The fourth-order valence-electron chi connectivity index (χ4n) is 2.11. The summed E-state index contributed by atoms with van der Waals surface area (Å²) >= 11 is 7.20. The van der Waals surface area contributed by atoms with E-state index in [-0.39, 0.29) is 0 Å². The molecule has 5 heteroatoms. The molecular formula is C15H17BrN2S2. The Kier molecular flexibility index (Phi) is 4.81. The van der Waals surface area contributed by atoms with Gasteiger partial charge in [0.05, 0.1) is 11.4 Å². The number of thioether (sulfide) groups is 1. The lowest BCUT2D eigenvalue weighted by molar-refractivity contribution is 0.812. The zero-order valence-electron chi connectivity index (χ0n) is 11.4. The van der Waals surface area contributed by atoms with Crippen LogP contribution in [0.2, 0.25) is 0 Å². The van der Waals surface area contributed by atoms with E-state index in [9.17, 15) is 0 Å². The molecule has 0 atom stereocenters. The van der Waals surface area contributed by atoms with Crippen LogP contribution < -0.4 is 5.32 Å². The van der Waals surface area contributed by atoms with Crippen LogP contribution in [0, 0.1) is 0 Å². The fraction of sp³-hybridized carbons (Fsp3) is 0.400. The summed E-state index contributed by atoms with van der Waals surface area (Å²) in [7, 11) is 2.01. The molecule has 3 rings (SSSR count). The summed E-state index contributed by atoms with van der Waals surface area (Å²) in [6.45, 7) is 0.951. The molecule has 0 bridgehead atoms. The van der Waals surface area contributed by atoms with Crippen molar-refractivity contribution >= 4 is 39.0 Å². The standard InChI is InChI=1S/C15H17BrN2S2/c1-17-8-13-15(10-2-3-10)18-14(20-13)9-19-12-6-4-11(16)5-7-12/h4-7,10,17H,2-3,8-9H2,1H3. The van der Waals surface area contributed by atoms with Gasteiger partial charge in [-0.3, -0.25) is 0 Å². The normalized spacial score (nSPS) is 14.7. The Morgan fingerprint density at radius 1 is 1.35 bits per heavy atom. The Labute approximate surface area is 136 Å². The molecule has 0 amide bonds. The number of rotatable bonds is 6. The third-order valence-corrected chi connectivity index (χ3v) is 6.05. The Hall–Kier alpha value is -0.360. The highest BCUT2D eigenvalue weighted by Gasteiger charge is 2.29. The molecule has 1 heterocycles. The number of aromatic nitrogens is 1. The molecule has 1 aromatic carbocycles. The summed E-state index contributed by atoms with van der Waals surface area (Å²) in [6, 6.07) is 8.48. The van der Waals surface area contributed by atoms with Crippen molar-refractivity contribution in [2.24, 2.45) is 0 Å². The van der Waals surface area contributed by atoms with Gasteiger partial charge in [-0.1, -0.05) is 15.9 Å². The first-order chi connectivity index (χ1) is 9.76. The van der Waals surface area contributed by atoms with Crippen LogP contribution in [0.1, 0.15) is 34.3 Å². The van der Waals surface area contributed by atoms with Gasteiger partial charge in [-0.2, -0.15) is 0 Å². The van der Waals surface area contributed by atoms with Gasteiger partial charge in [0.15, 0.2) is 0 Å². The van der Waals surface area contributed by atoms with Crippen LogP contribution >= 0.6 is 39.0 Å². The Balaban J connectivity index is 1.67. The van der Waals surface area contributed by atoms with Crippen LogP contribution in [0.5, 0.6) is 0 Å². The zero-order valence-corrected chi connectivity index (χ0v) is 14.6. The monoisotopic (exact) mass is 368 g/mol. The lowest BCUT2D eigenvalue weighted by atomic mass is 10.2. The summed E-state index contributed by atoms with van der Waals surface area (Å²) in [6.07, 6.45) is 2.64. The van der Waals surface area contributed by atoms with Crippen LogP contribution in [-0.4, -0.2) is 12.0 Å². The molecule has 2 nitrogen and oxygen atoms in total. The van der Waals surface area contributed by atoms with E-state index in [1.165, 1.54) is 33.3 Å². The molecule has 1 N–H and O–H groups in total. The number of thiazole rings is 1. The summed E-state index contributed by atoms with van der Waals surface area (Å²) in [5.74, 6) is 1.71. The maximum atomic E-state index is 4.87. The Morgan fingerprint density at radius 2 is 2.10 bits per heavy atom. The molecule has 1 aliphatic rings. The quantitative estimate of drug-likeness (QED) is 0.741. The maximum Gasteiger partial charge on any atom is 0.103 e. The van der Waals surface area contributed by atoms with Gasteiger partial charge in [0.25, 0.3) is 0 Å². The van der Waals surface area contributed by atoms with Crippen LogP contribution in [0.3, 0.4) is 0 Å². The highest BCUT2D eigenvalue weighted by atomic mass is 79.9. The highest BCUT2D eigenvalue weighted by molar-refractivity contribution is 9.10. The molecule has 106 valence electrons. The van der Waals surface area contributed by atoms with Gasteiger partial charge < -0.3 is 5.32 Å². The van der Waals surface area contributed by atoms with Crippen molar-refractivity contribution in [2.75, 3.05) is 7.05 Å². The number of benzene rings is 1. The van der Waals surface area contributed by atoms with Crippen LogP contribution in [0.25, 0.3) is 0 Å². The Bertz CT molecular complexity index is 576. The van der Waals surface area contributed by atoms with Crippen molar-refractivity contribution in [3.05, 3.63) is 44.3 Å². The third kappa shape index (κ3) is 3.64. The number of nitrogens with one attached hydrogen (secondary N) is 1. The molecule has 1 aliphatic carbocycles. The van der Waals surface area contributed by atoms with Crippen LogP contribution in [-0.2, 0) is 12.3 Å². The lowest BCUT2D eigenvalue weighted by Crippen LogP contribution is -2.05. The molecule has 1 aromatic heterocycles. The zero-order chi connectivity index (χ0) is 13.9. The summed E-state index contributed by atoms with van der Waals surface area (Å²) < 4.78 is 1.13. The van der Waals surface area contributed by atoms with Gasteiger partial charge in [0.2, 0.25) is 0 Å². The average Bonchev–Trinajstić information content (AvgIpc) is 3.21. The molecule has 0 aliphatic heterocycles. The van der Waals surface area contributed by atoms with Crippen LogP contribution in [0.15, 0.2) is 33.6 Å². The maximum absolute atomic E-state index is 4.87. The topological polar surface area (TPSA) is 24.9 Å². The fourth-order valence-corrected chi connectivity index (χ4v) is 4.44. The molecule has 0 spiro atoms. The number of nitrogens with zero attached hydrogens (tertiary/aromatic N) is 1. The number of halogens is 1. The van der Waals surface area contributed by atoms with Gasteiger partial charge in [-0.15, -0.1) is 23.1 Å². The summed E-state index contributed by atoms with van der Waals surface area (Å²) in [5, 5.41) is 4.51. The Morgan fingerprint density at radius 3 is 2.75 bits per heavy atom. The van der Waals surface area contributed by atoms with Crippen molar-refractivity contribution in [3.8, 4) is 0 Å². The minimum atomic E-state index is 0.737. The number of hydrogen-bond donors (Lipinski definition) is 1. The van der Waals surface area contributed by atoms with E-state index >= 15 is 0 Å². The first-order valence-corrected chi connectivity index (χ1v) is 9.37. The van der Waals surface area contributed by atoms with Gasteiger partial charge >= 0.3 is 0 Å². The predicted octanol–water partition coefficient (Wildman–Crippen LogP) is 4.79.